The quantitative estimate of drug-likeness (QED) is 0.773. The maximum Gasteiger partial charge on any atom is 0.330 e. The molecule has 0 saturated carbocycles. The number of carboxylic acids is 1. The van der Waals surface area contributed by atoms with E-state index in [9.17, 15) is 14.7 Å². The Morgan fingerprint density at radius 1 is 1.15 bits per heavy atom. The van der Waals surface area contributed by atoms with Gasteiger partial charge in [0.1, 0.15) is 17.5 Å². The second kappa shape index (κ2) is 8.29. The molecule has 0 aliphatic carbocycles. The third-order valence-electron chi connectivity index (χ3n) is 3.33. The maximum absolute atomic E-state index is 12.3. The van der Waals surface area contributed by atoms with Crippen LogP contribution in [0, 0.1) is 5.41 Å². The fraction of sp³-hybridized carbons (Fsp3) is 0.250. The molecule has 0 saturated heterocycles. The van der Waals surface area contributed by atoms with E-state index in [1.807, 2.05) is 20.8 Å². The average molecular weight is 354 g/mol. The summed E-state index contributed by atoms with van der Waals surface area (Å²) in [6.07, 6.45) is 6.48. The van der Waals surface area contributed by atoms with E-state index in [2.05, 4.69) is 10.3 Å². The summed E-state index contributed by atoms with van der Waals surface area (Å²) in [5.74, 6) is -0.445. The van der Waals surface area contributed by atoms with E-state index >= 15 is 0 Å². The van der Waals surface area contributed by atoms with Gasteiger partial charge in [-0.05, 0) is 41.8 Å². The Labute approximate surface area is 152 Å². The van der Waals surface area contributed by atoms with Crippen LogP contribution < -0.4 is 10.1 Å². The zero-order valence-corrected chi connectivity index (χ0v) is 15.0. The van der Waals surface area contributed by atoms with Gasteiger partial charge in [-0.3, -0.25) is 9.78 Å². The second-order valence-electron chi connectivity index (χ2n) is 6.83. The molecular weight excluding hydrogens is 332 g/mol. The lowest BCUT2D eigenvalue weighted by molar-refractivity contribution is -0.137. The third kappa shape index (κ3) is 6.05. The first kappa shape index (κ1) is 19.2. The summed E-state index contributed by atoms with van der Waals surface area (Å²) < 4.78 is 5.61. The van der Waals surface area contributed by atoms with Crippen molar-refractivity contribution in [1.82, 2.24) is 10.3 Å². The third-order valence-corrected chi connectivity index (χ3v) is 3.33. The molecule has 1 amide bonds. The van der Waals surface area contributed by atoms with Crippen LogP contribution in [0.25, 0.3) is 0 Å². The van der Waals surface area contributed by atoms with Crippen LogP contribution in [-0.4, -0.2) is 28.0 Å². The van der Waals surface area contributed by atoms with Crippen LogP contribution in [0.1, 0.15) is 31.1 Å². The van der Waals surface area contributed by atoms with Crippen molar-refractivity contribution in [1.29, 1.82) is 0 Å². The maximum atomic E-state index is 12.3. The number of amides is 1. The molecule has 2 rings (SSSR count). The van der Waals surface area contributed by atoms with E-state index in [0.29, 0.717) is 17.1 Å². The van der Waals surface area contributed by atoms with Crippen molar-refractivity contribution in [3.8, 4) is 11.5 Å². The predicted molar refractivity (Wildman–Crippen MR) is 98.2 cm³/mol. The van der Waals surface area contributed by atoms with Gasteiger partial charge in [0, 0.05) is 11.8 Å². The number of nitrogens with one attached hydrogen (secondary N) is 1. The van der Waals surface area contributed by atoms with Gasteiger partial charge >= 0.3 is 5.97 Å². The van der Waals surface area contributed by atoms with Gasteiger partial charge < -0.3 is 15.2 Å². The highest BCUT2D eigenvalue weighted by Crippen LogP contribution is 2.20. The zero-order chi connectivity index (χ0) is 19.2. The van der Waals surface area contributed by atoms with Crippen molar-refractivity contribution < 1.29 is 19.4 Å². The smallest absolute Gasteiger partial charge is 0.330 e. The van der Waals surface area contributed by atoms with E-state index in [4.69, 9.17) is 4.74 Å². The highest BCUT2D eigenvalue weighted by molar-refractivity contribution is 5.97. The first-order valence-electron chi connectivity index (χ1n) is 8.15. The summed E-state index contributed by atoms with van der Waals surface area (Å²) in [5.41, 5.74) is 0.169. The minimum Gasteiger partial charge on any atom is -0.479 e. The number of allylic oxidation sites excluding steroid dienone is 1. The van der Waals surface area contributed by atoms with Gasteiger partial charge in [0.25, 0.3) is 5.91 Å². The van der Waals surface area contributed by atoms with Crippen LogP contribution >= 0.6 is 0 Å². The van der Waals surface area contributed by atoms with Gasteiger partial charge in [-0.25, -0.2) is 4.79 Å². The highest BCUT2D eigenvalue weighted by atomic mass is 16.5. The molecule has 2 N–H and O–H groups in total. The molecule has 136 valence electrons. The number of rotatable bonds is 6. The number of carboxylic acid groups (broad SMARTS) is 1. The van der Waals surface area contributed by atoms with Gasteiger partial charge in [-0.15, -0.1) is 0 Å². The van der Waals surface area contributed by atoms with Crippen LogP contribution in [0.4, 0.5) is 0 Å². The Kier molecular flexibility index (Phi) is 6.11. The van der Waals surface area contributed by atoms with Crippen molar-refractivity contribution in [2.75, 3.05) is 0 Å². The molecule has 26 heavy (non-hydrogen) atoms. The first-order chi connectivity index (χ1) is 12.2. The van der Waals surface area contributed by atoms with Gasteiger partial charge in [0.05, 0.1) is 6.20 Å². The Bertz CT molecular complexity index is 778. The zero-order valence-electron chi connectivity index (χ0n) is 15.0. The molecule has 1 aromatic heterocycles. The van der Waals surface area contributed by atoms with Crippen molar-refractivity contribution in [3.05, 3.63) is 66.5 Å². The number of nitrogens with zero attached hydrogens (tertiary/aromatic N) is 1. The van der Waals surface area contributed by atoms with Crippen molar-refractivity contribution in [2.24, 2.45) is 5.41 Å². The normalized spacial score (nSPS) is 12.6. The summed E-state index contributed by atoms with van der Waals surface area (Å²) >= 11 is 0. The molecule has 1 atom stereocenters. The Hall–Kier alpha value is -3.15. The fourth-order valence-electron chi connectivity index (χ4n) is 2.02. The Morgan fingerprint density at radius 2 is 1.85 bits per heavy atom. The molecule has 0 spiro atoms. The van der Waals surface area contributed by atoms with Crippen LogP contribution in [0.5, 0.6) is 11.5 Å². The number of aliphatic carboxylic acids is 1. The molecule has 6 nitrogen and oxygen atoms in total. The second-order valence-corrected chi connectivity index (χ2v) is 6.83. The van der Waals surface area contributed by atoms with E-state index in [1.54, 1.807) is 54.9 Å². The molecule has 6 heteroatoms. The molecule has 0 aliphatic heterocycles. The summed E-state index contributed by atoms with van der Waals surface area (Å²) in [6, 6.07) is 8.88. The summed E-state index contributed by atoms with van der Waals surface area (Å²) in [4.78, 5) is 27.6. The topological polar surface area (TPSA) is 88.5 Å². The number of carbonyl (C=O) groups is 2. The molecule has 0 aliphatic rings. The van der Waals surface area contributed by atoms with Crippen LogP contribution in [0.2, 0.25) is 0 Å². The fourth-order valence-corrected chi connectivity index (χ4v) is 2.02. The molecule has 0 unspecified atom stereocenters. The minimum atomic E-state index is -1.12. The van der Waals surface area contributed by atoms with Gasteiger partial charge in [0.2, 0.25) is 0 Å². The molecule has 1 heterocycles. The molecule has 0 bridgehead atoms. The number of pyridine rings is 1. The first-order valence-corrected chi connectivity index (χ1v) is 8.15. The monoisotopic (exact) mass is 354 g/mol. The number of ether oxygens (including phenoxy) is 1. The number of hydrogen-bond acceptors (Lipinski definition) is 4. The molecule has 0 fully saturated rings. The SMILES string of the molecule is CC(C)(C)/C=C/[C@@H](NC(=O)c1ccc(Oc2cccnc2)cc1)C(=O)O. The number of carbonyl (C=O) groups excluding carboxylic acids is 1. The lowest BCUT2D eigenvalue weighted by atomic mass is 9.95. The number of aromatic nitrogens is 1. The van der Waals surface area contributed by atoms with E-state index in [1.165, 1.54) is 6.08 Å². The molecule has 0 radical (unpaired) electrons. The van der Waals surface area contributed by atoms with Gasteiger partial charge in [-0.1, -0.05) is 32.9 Å². The predicted octanol–water partition coefficient (Wildman–Crippen LogP) is 3.66. The molecule has 2 aromatic rings. The van der Waals surface area contributed by atoms with Gasteiger partial charge in [-0.2, -0.15) is 0 Å². The number of hydrogen-bond donors (Lipinski definition) is 2. The van der Waals surface area contributed by atoms with Gasteiger partial charge in [0.15, 0.2) is 0 Å². The average Bonchev–Trinajstić information content (AvgIpc) is 2.59. The highest BCUT2D eigenvalue weighted by Gasteiger charge is 2.19. The summed E-state index contributed by atoms with van der Waals surface area (Å²) in [7, 11) is 0. The minimum absolute atomic E-state index is 0.177. The lowest BCUT2D eigenvalue weighted by Crippen LogP contribution is -2.39. The van der Waals surface area contributed by atoms with Crippen molar-refractivity contribution in [2.45, 2.75) is 26.8 Å². The van der Waals surface area contributed by atoms with E-state index < -0.39 is 17.9 Å². The van der Waals surface area contributed by atoms with Crippen molar-refractivity contribution >= 4 is 11.9 Å². The van der Waals surface area contributed by atoms with E-state index in [0.717, 1.165) is 0 Å². The lowest BCUT2D eigenvalue weighted by Gasteiger charge is -2.15. The number of benzene rings is 1. The summed E-state index contributed by atoms with van der Waals surface area (Å²) in [6.45, 7) is 5.85. The molecule has 1 aromatic carbocycles. The van der Waals surface area contributed by atoms with Crippen molar-refractivity contribution in [3.63, 3.8) is 0 Å². The van der Waals surface area contributed by atoms with Crippen LogP contribution in [-0.2, 0) is 4.79 Å². The summed E-state index contributed by atoms with van der Waals surface area (Å²) in [5, 5.41) is 11.8. The largest absolute Gasteiger partial charge is 0.479 e. The molecular formula is C20H22N2O4. The van der Waals surface area contributed by atoms with E-state index in [-0.39, 0.29) is 5.41 Å². The van der Waals surface area contributed by atoms with Crippen LogP contribution in [0.3, 0.4) is 0 Å². The Balaban J connectivity index is 2.04. The Morgan fingerprint density at radius 3 is 2.38 bits per heavy atom. The standard InChI is InChI=1S/C20H22N2O4/c1-20(2,3)11-10-17(19(24)25)22-18(23)14-6-8-15(9-7-14)26-16-5-4-12-21-13-16/h4-13,17H,1-3H3,(H,22,23)(H,24,25)/b11-10+/t17-/m1/s1. The van der Waals surface area contributed by atoms with Crippen LogP contribution in [0.15, 0.2) is 60.9 Å².